The molecule has 1 fully saturated rings. The minimum Gasteiger partial charge on any atom is -0.496 e. The molecule has 162 valence electrons. The summed E-state index contributed by atoms with van der Waals surface area (Å²) in [6, 6.07) is 8.42. The van der Waals surface area contributed by atoms with E-state index in [1.165, 1.54) is 0 Å². The molecule has 1 N–H and O–H groups in total. The molecule has 0 amide bonds. The maximum absolute atomic E-state index is 13.5. The van der Waals surface area contributed by atoms with Crippen LogP contribution in [0.25, 0.3) is 0 Å². The first-order valence-corrected chi connectivity index (χ1v) is 11.5. The fourth-order valence-corrected chi connectivity index (χ4v) is 5.67. The van der Waals surface area contributed by atoms with Gasteiger partial charge in [-0.3, -0.25) is 9.97 Å². The molecule has 3 aromatic rings. The van der Waals surface area contributed by atoms with Crippen LogP contribution in [0.1, 0.15) is 35.8 Å². The number of benzene rings is 1. The van der Waals surface area contributed by atoms with E-state index < -0.39 is 10.0 Å². The monoisotopic (exact) mass is 439 g/mol. The number of anilines is 2. The summed E-state index contributed by atoms with van der Waals surface area (Å²) in [7, 11) is -2.10. The number of sulfonamides is 1. The van der Waals surface area contributed by atoms with Gasteiger partial charge in [-0.05, 0) is 62.6 Å². The van der Waals surface area contributed by atoms with Crippen molar-refractivity contribution in [3.8, 4) is 5.75 Å². The van der Waals surface area contributed by atoms with E-state index in [1.807, 2.05) is 26.0 Å². The average molecular weight is 440 g/mol. The van der Waals surface area contributed by atoms with E-state index in [0.29, 0.717) is 18.1 Å². The van der Waals surface area contributed by atoms with Gasteiger partial charge in [0.05, 0.1) is 29.9 Å². The summed E-state index contributed by atoms with van der Waals surface area (Å²) in [5.41, 5.74) is 3.10. The number of aryl methyl sites for hydroxylation is 2. The molecule has 4 rings (SSSR count). The van der Waals surface area contributed by atoms with Gasteiger partial charge in [0.15, 0.2) is 0 Å². The van der Waals surface area contributed by atoms with Gasteiger partial charge in [-0.15, -0.1) is 0 Å². The molecule has 1 saturated heterocycles. The molecule has 31 heavy (non-hydrogen) atoms. The van der Waals surface area contributed by atoms with Crippen LogP contribution < -0.4 is 10.1 Å². The van der Waals surface area contributed by atoms with Crippen LogP contribution in [-0.4, -0.2) is 41.3 Å². The molecular weight excluding hydrogens is 414 g/mol. The van der Waals surface area contributed by atoms with Gasteiger partial charge in [-0.1, -0.05) is 0 Å². The number of aromatic nitrogens is 3. The maximum Gasteiger partial charge on any atom is 0.243 e. The van der Waals surface area contributed by atoms with Gasteiger partial charge in [0, 0.05) is 30.3 Å². The van der Waals surface area contributed by atoms with Crippen molar-refractivity contribution in [2.75, 3.05) is 19.0 Å². The van der Waals surface area contributed by atoms with Gasteiger partial charge in [0.1, 0.15) is 11.6 Å². The minimum absolute atomic E-state index is 0.267. The predicted molar refractivity (Wildman–Crippen MR) is 118 cm³/mol. The van der Waals surface area contributed by atoms with E-state index in [0.717, 1.165) is 35.5 Å². The Labute approximate surface area is 182 Å². The van der Waals surface area contributed by atoms with E-state index >= 15 is 0 Å². The molecule has 1 aliphatic rings. The third-order valence-corrected chi connectivity index (χ3v) is 7.23. The summed E-state index contributed by atoms with van der Waals surface area (Å²) in [5.74, 6) is 1.28. The molecule has 8 nitrogen and oxygen atoms in total. The number of nitrogens with one attached hydrogen (secondary N) is 1. The highest BCUT2D eigenvalue weighted by atomic mass is 32.2. The van der Waals surface area contributed by atoms with E-state index in [4.69, 9.17) is 4.74 Å². The molecule has 3 heterocycles. The third kappa shape index (κ3) is 4.38. The quantitative estimate of drug-likeness (QED) is 0.624. The van der Waals surface area contributed by atoms with Crippen LogP contribution in [-0.2, 0) is 10.0 Å². The Bertz CT molecular complexity index is 1190. The van der Waals surface area contributed by atoms with E-state index in [2.05, 4.69) is 20.3 Å². The summed E-state index contributed by atoms with van der Waals surface area (Å²) in [5, 5.41) is 3.22. The SMILES string of the molecule is COc1ccc(S(=O)(=O)N2CCC[C@H]2c2cc(Nc3cnccn3)cc(C)n2)cc1C. The molecule has 1 aromatic carbocycles. The Morgan fingerprint density at radius 1 is 1.16 bits per heavy atom. The second-order valence-corrected chi connectivity index (χ2v) is 9.43. The van der Waals surface area contributed by atoms with Crippen molar-refractivity contribution in [3.63, 3.8) is 0 Å². The first-order valence-electron chi connectivity index (χ1n) is 10.1. The molecule has 0 saturated carbocycles. The second-order valence-electron chi connectivity index (χ2n) is 7.54. The zero-order valence-corrected chi connectivity index (χ0v) is 18.6. The molecule has 2 aromatic heterocycles. The van der Waals surface area contributed by atoms with Crippen LogP contribution in [0.2, 0.25) is 0 Å². The van der Waals surface area contributed by atoms with Crippen LogP contribution in [0.5, 0.6) is 5.75 Å². The van der Waals surface area contributed by atoms with Gasteiger partial charge in [-0.2, -0.15) is 4.31 Å². The normalized spacial score (nSPS) is 16.9. The van der Waals surface area contributed by atoms with Gasteiger partial charge in [-0.25, -0.2) is 13.4 Å². The summed E-state index contributed by atoms with van der Waals surface area (Å²) in [4.78, 5) is 13.2. The van der Waals surface area contributed by atoms with E-state index in [9.17, 15) is 8.42 Å². The molecule has 1 atom stereocenters. The highest BCUT2D eigenvalue weighted by Crippen LogP contribution is 2.37. The van der Waals surface area contributed by atoms with Gasteiger partial charge < -0.3 is 10.1 Å². The number of rotatable bonds is 6. The van der Waals surface area contributed by atoms with Crippen LogP contribution in [0.3, 0.4) is 0 Å². The van der Waals surface area contributed by atoms with Crippen LogP contribution in [0.15, 0.2) is 53.8 Å². The zero-order chi connectivity index (χ0) is 22.0. The first kappa shape index (κ1) is 21.2. The lowest BCUT2D eigenvalue weighted by molar-refractivity contribution is 0.389. The lowest BCUT2D eigenvalue weighted by Gasteiger charge is -2.25. The van der Waals surface area contributed by atoms with Crippen LogP contribution in [0.4, 0.5) is 11.5 Å². The molecule has 0 spiro atoms. The van der Waals surface area contributed by atoms with Crippen molar-refractivity contribution in [1.29, 1.82) is 0 Å². The van der Waals surface area contributed by atoms with E-state index in [1.54, 1.807) is 48.2 Å². The molecule has 1 aliphatic heterocycles. The third-order valence-electron chi connectivity index (χ3n) is 5.33. The summed E-state index contributed by atoms with van der Waals surface area (Å²) < 4.78 is 33.7. The smallest absolute Gasteiger partial charge is 0.243 e. The van der Waals surface area contributed by atoms with Crippen molar-refractivity contribution in [2.45, 2.75) is 37.6 Å². The molecule has 0 bridgehead atoms. The Morgan fingerprint density at radius 2 is 2.00 bits per heavy atom. The second kappa shape index (κ2) is 8.60. The Hall–Kier alpha value is -3.04. The average Bonchev–Trinajstić information content (AvgIpc) is 3.25. The zero-order valence-electron chi connectivity index (χ0n) is 17.7. The minimum atomic E-state index is -3.67. The lowest BCUT2D eigenvalue weighted by atomic mass is 10.1. The first-order chi connectivity index (χ1) is 14.9. The Kier molecular flexibility index (Phi) is 5.88. The maximum atomic E-state index is 13.5. The van der Waals surface area contributed by atoms with Crippen LogP contribution in [0, 0.1) is 13.8 Å². The van der Waals surface area contributed by atoms with Gasteiger partial charge >= 0.3 is 0 Å². The van der Waals surface area contributed by atoms with Gasteiger partial charge in [0.25, 0.3) is 0 Å². The predicted octanol–water partition coefficient (Wildman–Crippen LogP) is 3.77. The molecule has 0 aliphatic carbocycles. The summed E-state index contributed by atoms with van der Waals surface area (Å²) in [6.45, 7) is 4.19. The summed E-state index contributed by atoms with van der Waals surface area (Å²) >= 11 is 0. The number of nitrogens with zero attached hydrogens (tertiary/aromatic N) is 4. The number of hydrogen-bond acceptors (Lipinski definition) is 7. The fraction of sp³-hybridized carbons (Fsp3) is 0.318. The standard InChI is InChI=1S/C22H25N5O3S/c1-15-11-18(6-7-21(15)30-3)31(28,29)27-10-4-5-20(27)19-13-17(12-16(2)25-19)26-22-14-23-8-9-24-22/h6-9,11-14,20H,4-5,10H2,1-3H3,(H,24,25,26)/t20-/m0/s1. The van der Waals surface area contributed by atoms with Crippen molar-refractivity contribution in [2.24, 2.45) is 0 Å². The van der Waals surface area contributed by atoms with Crippen molar-refractivity contribution in [3.05, 3.63) is 65.9 Å². The highest BCUT2D eigenvalue weighted by Gasteiger charge is 2.37. The van der Waals surface area contributed by atoms with Crippen LogP contribution >= 0.6 is 0 Å². The molecular formula is C22H25N5O3S. The fourth-order valence-electron chi connectivity index (χ4n) is 3.92. The van der Waals surface area contributed by atoms with Crippen molar-refractivity contribution in [1.82, 2.24) is 19.3 Å². The number of hydrogen-bond donors (Lipinski definition) is 1. The van der Waals surface area contributed by atoms with Crippen molar-refractivity contribution < 1.29 is 13.2 Å². The topological polar surface area (TPSA) is 97.3 Å². The Balaban J connectivity index is 1.66. The molecule has 0 radical (unpaired) electrons. The largest absolute Gasteiger partial charge is 0.496 e. The number of pyridine rings is 1. The molecule has 9 heteroatoms. The lowest BCUT2D eigenvalue weighted by Crippen LogP contribution is -2.31. The van der Waals surface area contributed by atoms with E-state index in [-0.39, 0.29) is 10.9 Å². The van der Waals surface area contributed by atoms with Crippen molar-refractivity contribution >= 4 is 21.5 Å². The number of ether oxygens (including phenoxy) is 1. The summed E-state index contributed by atoms with van der Waals surface area (Å²) in [6.07, 6.45) is 6.35. The highest BCUT2D eigenvalue weighted by molar-refractivity contribution is 7.89. The molecule has 0 unspecified atom stereocenters. The van der Waals surface area contributed by atoms with Gasteiger partial charge in [0.2, 0.25) is 10.0 Å². The Morgan fingerprint density at radius 3 is 2.71 bits per heavy atom. The number of methoxy groups -OCH3 is 1.